The Labute approximate surface area is 288 Å². The summed E-state index contributed by atoms with van der Waals surface area (Å²) in [6.07, 6.45) is 2.37. The summed E-state index contributed by atoms with van der Waals surface area (Å²) in [6.45, 7) is -2.99. The molecular weight excluding hydrogens is 640 g/mol. The maximum absolute atomic E-state index is 18.6. The zero-order valence-corrected chi connectivity index (χ0v) is 28.5. The van der Waals surface area contributed by atoms with Crippen molar-refractivity contribution >= 4 is 34.7 Å². The molecule has 248 valence electrons. The smallest absolute Gasteiger partial charge is 1.00 e. The molecule has 5 N–H and O–H groups in total. The third kappa shape index (κ3) is 7.70. The van der Waals surface area contributed by atoms with Crippen molar-refractivity contribution in [3.05, 3.63) is 157 Å². The first-order chi connectivity index (χ1) is 23.0. The summed E-state index contributed by atoms with van der Waals surface area (Å²) in [5.41, 5.74) is 8.33. The number of ether oxygens (including phenoxy) is 1. The Morgan fingerprint density at radius 2 is 1.23 bits per heavy atom. The number of nitrogens with two attached hydrogens (primary N) is 1. The number of nitrogens with zero attached hydrogens (tertiary/aromatic N) is 1. The maximum atomic E-state index is 18.6. The molecular formula is C39H42ClFN5OP. The molecule has 1 unspecified atom stereocenters. The fourth-order valence-corrected chi connectivity index (χ4v) is 11.1. The number of guanidine groups is 2. The van der Waals surface area contributed by atoms with E-state index in [9.17, 15) is 0 Å². The molecule has 1 heterocycles. The van der Waals surface area contributed by atoms with Gasteiger partial charge in [0.15, 0.2) is 0 Å². The summed E-state index contributed by atoms with van der Waals surface area (Å²) in [5.74, 6) is 1.84. The third-order valence-electron chi connectivity index (χ3n) is 8.68. The number of benzene rings is 5. The number of rotatable bonds is 13. The molecule has 0 radical (unpaired) electrons. The molecule has 5 aromatic rings. The molecule has 1 atom stereocenters. The normalized spacial score (nSPS) is 15.9. The molecule has 0 saturated heterocycles. The van der Waals surface area contributed by atoms with Gasteiger partial charge in [-0.2, -0.15) is 0 Å². The van der Waals surface area contributed by atoms with Crippen molar-refractivity contribution in [2.75, 3.05) is 19.3 Å². The molecule has 0 bridgehead atoms. The summed E-state index contributed by atoms with van der Waals surface area (Å²) in [4.78, 5) is 7.91. The quantitative estimate of drug-likeness (QED) is 0.112. The van der Waals surface area contributed by atoms with E-state index in [0.29, 0.717) is 25.1 Å². The minimum atomic E-state index is -4.23. The number of halogens is 2. The first-order valence-corrected chi connectivity index (χ1v) is 18.5. The number of aliphatic imine (C=N–C) groups is 1. The molecule has 0 aliphatic carbocycles. The van der Waals surface area contributed by atoms with Crippen molar-refractivity contribution < 1.29 is 26.3 Å². The van der Waals surface area contributed by atoms with E-state index in [2.05, 4.69) is 32.8 Å². The predicted molar refractivity (Wildman–Crippen MR) is 194 cm³/mol. The molecule has 5 aromatic carbocycles. The van der Waals surface area contributed by atoms with Crippen molar-refractivity contribution in [1.29, 1.82) is 0 Å². The first kappa shape index (κ1) is 34.6. The Morgan fingerprint density at radius 3 is 1.77 bits per heavy atom. The molecule has 1 aliphatic heterocycles. The van der Waals surface area contributed by atoms with Crippen LogP contribution in [-0.4, -0.2) is 31.2 Å². The van der Waals surface area contributed by atoms with Crippen LogP contribution < -0.4 is 54.4 Å². The molecule has 0 amide bonds. The second-order valence-corrected chi connectivity index (χ2v) is 16.1. The summed E-state index contributed by atoms with van der Waals surface area (Å²) >= 11 is 0. The molecule has 1 aliphatic rings. The van der Waals surface area contributed by atoms with Gasteiger partial charge in [-0.05, 0) is 5.56 Å². The van der Waals surface area contributed by atoms with E-state index < -0.39 is 6.91 Å². The average Bonchev–Trinajstić information content (AvgIpc) is 3.13. The summed E-state index contributed by atoms with van der Waals surface area (Å²) in [6, 6.07) is 47.4. The van der Waals surface area contributed by atoms with E-state index in [4.69, 9.17) is 10.5 Å². The van der Waals surface area contributed by atoms with Gasteiger partial charge in [0.2, 0.25) is 0 Å². The van der Waals surface area contributed by atoms with Crippen LogP contribution in [0.4, 0.5) is 4.20 Å². The van der Waals surface area contributed by atoms with Gasteiger partial charge in [0.05, 0.1) is 6.54 Å². The van der Waals surface area contributed by atoms with Gasteiger partial charge >= 0.3 is 212 Å². The Morgan fingerprint density at radius 1 is 0.708 bits per heavy atom. The van der Waals surface area contributed by atoms with Crippen LogP contribution in [0.3, 0.4) is 0 Å². The van der Waals surface area contributed by atoms with Crippen molar-refractivity contribution in [1.82, 2.24) is 10.6 Å². The Balaban J connectivity index is 0.00000451. The van der Waals surface area contributed by atoms with Crippen LogP contribution >= 0.6 is 6.91 Å². The molecule has 0 aromatic heterocycles. The molecule has 6 nitrogen and oxygen atoms in total. The van der Waals surface area contributed by atoms with Gasteiger partial charge in [0.1, 0.15) is 0 Å². The number of nitrogens with one attached hydrogen (secondary N) is 3. The van der Waals surface area contributed by atoms with Crippen molar-refractivity contribution in [2.45, 2.75) is 25.4 Å². The SMILES string of the molecule is NC1=NC(c2ccc(OCCCCP(F)(c3ccccc3)(c3ccccc3)c3ccccc3)cc2)NC(=[NH+]CCc2ccccc2)N1.[Cl-]. The van der Waals surface area contributed by atoms with Gasteiger partial charge in [-0.3, -0.25) is 4.99 Å². The van der Waals surface area contributed by atoms with E-state index in [1.165, 1.54) is 5.56 Å². The molecule has 0 spiro atoms. The van der Waals surface area contributed by atoms with Crippen molar-refractivity contribution in [3.8, 4) is 5.75 Å². The molecule has 48 heavy (non-hydrogen) atoms. The van der Waals surface area contributed by atoms with Gasteiger partial charge in [-0.25, -0.2) is 5.32 Å². The van der Waals surface area contributed by atoms with Gasteiger partial charge in [0.25, 0.3) is 0 Å². The number of hydrogen-bond donors (Lipinski definition) is 4. The van der Waals surface area contributed by atoms with Crippen LogP contribution in [0.1, 0.15) is 30.1 Å². The zero-order valence-electron chi connectivity index (χ0n) is 26.8. The van der Waals surface area contributed by atoms with E-state index in [0.717, 1.165) is 52.6 Å². The minimum Gasteiger partial charge on any atom is -1.00 e. The summed E-state index contributed by atoms with van der Waals surface area (Å²) in [5, 5.41) is 8.72. The predicted octanol–water partition coefficient (Wildman–Crippen LogP) is 1.45. The monoisotopic (exact) mass is 681 g/mol. The van der Waals surface area contributed by atoms with Crippen LogP contribution in [-0.2, 0) is 6.42 Å². The van der Waals surface area contributed by atoms with Crippen LogP contribution in [0.25, 0.3) is 0 Å². The summed E-state index contributed by atoms with van der Waals surface area (Å²) in [7, 11) is 0. The Kier molecular flexibility index (Phi) is 11.5. The number of hydrogen-bond acceptors (Lipinski definition) is 3. The standard InChI is InChI=1S/C39H41FN5OP.ClH/c40-47(34-17-7-2-8-18-34,35-19-9-3-10-20-35,36-21-11-4-12-22-36)30-14-13-29-46-33-25-23-32(24-26-33)37-43-38(41)45-39(44-37)42-28-27-31-15-5-1-6-16-31;/h1-12,15-26,37H,13-14,27-30H2,(H4,41,42,43,44,45);1H. The molecule has 6 rings (SSSR count). The molecule has 0 fully saturated rings. The molecule has 9 heteroatoms. The van der Waals surface area contributed by atoms with Gasteiger partial charge < -0.3 is 18.1 Å². The summed E-state index contributed by atoms with van der Waals surface area (Å²) < 4.78 is 24.7. The fourth-order valence-electron chi connectivity index (χ4n) is 6.23. The van der Waals surface area contributed by atoms with Crippen LogP contribution in [0.5, 0.6) is 5.75 Å². The first-order valence-electron chi connectivity index (χ1n) is 16.2. The van der Waals surface area contributed by atoms with Crippen LogP contribution in [0.2, 0.25) is 0 Å². The van der Waals surface area contributed by atoms with Gasteiger partial charge in [-0.1, -0.05) is 30.3 Å². The van der Waals surface area contributed by atoms with Crippen molar-refractivity contribution in [2.24, 2.45) is 10.7 Å². The van der Waals surface area contributed by atoms with Crippen LogP contribution in [0, 0.1) is 0 Å². The Hall–Kier alpha value is -4.71. The van der Waals surface area contributed by atoms with Gasteiger partial charge in [0, 0.05) is 6.42 Å². The Bertz CT molecular complexity index is 1690. The second-order valence-electron chi connectivity index (χ2n) is 11.8. The second kappa shape index (κ2) is 15.9. The fraction of sp³-hybridized carbons (Fsp3) is 0.179. The van der Waals surface area contributed by atoms with E-state index in [-0.39, 0.29) is 18.6 Å². The number of unbranched alkanes of at least 4 members (excludes halogenated alkanes) is 1. The molecule has 0 saturated carbocycles. The topological polar surface area (TPSA) is 85.6 Å². The van der Waals surface area contributed by atoms with Gasteiger partial charge in [-0.15, -0.1) is 0 Å². The van der Waals surface area contributed by atoms with E-state index in [1.54, 1.807) is 0 Å². The van der Waals surface area contributed by atoms with Crippen LogP contribution in [0.15, 0.2) is 151 Å². The van der Waals surface area contributed by atoms with E-state index in [1.807, 2.05) is 133 Å². The van der Waals surface area contributed by atoms with Crippen molar-refractivity contribution in [3.63, 3.8) is 0 Å². The average molecular weight is 682 g/mol. The minimum absolute atomic E-state index is 0. The zero-order chi connectivity index (χ0) is 32.4. The van der Waals surface area contributed by atoms with E-state index >= 15 is 4.20 Å². The third-order valence-corrected chi connectivity index (χ3v) is 14.0.